The van der Waals surface area contributed by atoms with E-state index in [1.165, 1.54) is 111 Å². The average molecular weight is 1230 g/mol. The van der Waals surface area contributed by atoms with E-state index in [9.17, 15) is 0 Å². The van der Waals surface area contributed by atoms with Crippen LogP contribution in [0.3, 0.4) is 0 Å². The number of rotatable bonds is 4. The van der Waals surface area contributed by atoms with Gasteiger partial charge >= 0.3 is 0 Å². The van der Waals surface area contributed by atoms with Crippen LogP contribution >= 0.6 is 0 Å². The number of para-hydroxylation sites is 4. The highest BCUT2D eigenvalue weighted by atomic mass is 15.5. The molecule has 0 fully saturated rings. The van der Waals surface area contributed by atoms with Crippen LogP contribution in [0.5, 0.6) is 0 Å². The number of benzene rings is 10. The van der Waals surface area contributed by atoms with Crippen molar-refractivity contribution in [1.29, 1.82) is 0 Å². The van der Waals surface area contributed by atoms with Gasteiger partial charge in [0.1, 0.15) is 0 Å². The zero-order chi connectivity index (χ0) is 66.3. The van der Waals surface area contributed by atoms with E-state index >= 15 is 0 Å². The minimum Gasteiger partial charge on any atom is -0.291 e. The molecule has 0 saturated carbocycles. The molecule has 472 valence electrons. The van der Waals surface area contributed by atoms with Crippen LogP contribution in [0.4, 0.5) is 45.5 Å². The highest BCUT2D eigenvalue weighted by Gasteiger charge is 2.49. The van der Waals surface area contributed by atoms with Gasteiger partial charge < -0.3 is 0 Å². The second-order valence-electron chi connectivity index (χ2n) is 34.4. The standard InChI is InChI=1S/C90H92N4/c1-83(2,3)53-29-37-61-65-41-33-57(49-73(65)87(13,14)69(61)45-53)91-77-25-21-22-26-78(77)92(58-34-42-66-62-38-30-54(84(4,5)6)46-70(62)88(15,16)74(66)50-58)81(91)82-93(59-35-43-67-63-39-31-55(85(7,8)9)47-71(63)89(17,18)75(67)51-59)79-27-23-24-28-80(79)94(82)60-36-44-68-64-40-32-56(86(10,11)12)48-72(64)90(19,20)76(68)52-60/h21-52H,1-20H3. The highest BCUT2D eigenvalue weighted by Crippen LogP contribution is 2.62. The molecule has 2 aliphatic heterocycles. The Bertz CT molecular complexity index is 4350. The summed E-state index contributed by atoms with van der Waals surface area (Å²) in [5.41, 5.74) is 34.9. The van der Waals surface area contributed by atoms with Gasteiger partial charge in [0.15, 0.2) is 11.6 Å². The van der Waals surface area contributed by atoms with Gasteiger partial charge in [-0.2, -0.15) is 0 Å². The van der Waals surface area contributed by atoms with E-state index in [4.69, 9.17) is 0 Å². The fourth-order valence-corrected chi connectivity index (χ4v) is 17.1. The van der Waals surface area contributed by atoms with Gasteiger partial charge in [0, 0.05) is 44.4 Å². The van der Waals surface area contributed by atoms with E-state index < -0.39 is 0 Å². The maximum atomic E-state index is 2.63. The molecule has 10 aromatic carbocycles. The Balaban J connectivity index is 0.991. The van der Waals surface area contributed by atoms with Crippen molar-refractivity contribution in [2.24, 2.45) is 0 Å². The zero-order valence-corrected chi connectivity index (χ0v) is 59.3. The van der Waals surface area contributed by atoms with E-state index in [-0.39, 0.29) is 43.3 Å². The largest absolute Gasteiger partial charge is 0.291 e. The van der Waals surface area contributed by atoms with Crippen LogP contribution in [0.2, 0.25) is 0 Å². The Hall–Kier alpha value is -8.86. The molecule has 0 atom stereocenters. The number of hydrogen-bond donors (Lipinski definition) is 0. The molecule has 6 aliphatic rings. The Labute approximate surface area is 560 Å². The van der Waals surface area contributed by atoms with E-state index in [0.717, 1.165) is 57.1 Å². The summed E-state index contributed by atoms with van der Waals surface area (Å²) in [6.45, 7) is 47.6. The topological polar surface area (TPSA) is 13.0 Å². The third-order valence-electron chi connectivity index (χ3n) is 22.9. The quantitative estimate of drug-likeness (QED) is 0.174. The molecule has 2 heterocycles. The van der Waals surface area contributed by atoms with Crippen LogP contribution in [0, 0.1) is 0 Å². The van der Waals surface area contributed by atoms with Gasteiger partial charge in [0.05, 0.1) is 22.7 Å². The molecule has 0 aromatic heterocycles. The maximum absolute atomic E-state index is 2.63. The van der Waals surface area contributed by atoms with Gasteiger partial charge in [-0.25, -0.2) is 0 Å². The van der Waals surface area contributed by atoms with Crippen LogP contribution < -0.4 is 19.6 Å². The summed E-state index contributed by atoms with van der Waals surface area (Å²) in [6, 6.07) is 77.0. The Morgan fingerprint density at radius 3 is 0.564 bits per heavy atom. The molecule has 94 heavy (non-hydrogen) atoms. The lowest BCUT2D eigenvalue weighted by Gasteiger charge is -2.35. The molecule has 4 nitrogen and oxygen atoms in total. The summed E-state index contributed by atoms with van der Waals surface area (Å²) < 4.78 is 0. The first-order chi connectivity index (χ1) is 44.2. The summed E-state index contributed by atoms with van der Waals surface area (Å²) >= 11 is 0. The second-order valence-corrected chi connectivity index (χ2v) is 34.4. The van der Waals surface area contributed by atoms with Crippen LogP contribution in [-0.2, 0) is 43.3 Å². The van der Waals surface area contributed by atoms with E-state index in [2.05, 4.69) is 352 Å². The molecule has 4 heteroatoms. The molecule has 0 amide bonds. The summed E-state index contributed by atoms with van der Waals surface area (Å²) in [6.07, 6.45) is 0. The van der Waals surface area contributed by atoms with Crippen molar-refractivity contribution < 1.29 is 0 Å². The molecule has 0 spiro atoms. The van der Waals surface area contributed by atoms with Gasteiger partial charge in [-0.05, 0) is 206 Å². The molecule has 0 radical (unpaired) electrons. The minimum absolute atomic E-state index is 0.0130. The normalized spacial score (nSPS) is 17.1. The third kappa shape index (κ3) is 8.48. The van der Waals surface area contributed by atoms with Crippen molar-refractivity contribution in [1.82, 2.24) is 0 Å². The molecule has 10 aromatic rings. The third-order valence-corrected chi connectivity index (χ3v) is 22.9. The van der Waals surface area contributed by atoms with E-state index in [1.54, 1.807) is 0 Å². The monoisotopic (exact) mass is 1230 g/mol. The number of anilines is 8. The fraction of sp³-hybridized carbons (Fsp3) is 0.311. The number of hydrogen-bond acceptors (Lipinski definition) is 4. The van der Waals surface area contributed by atoms with Crippen molar-refractivity contribution in [2.75, 3.05) is 19.6 Å². The first-order valence-electron chi connectivity index (χ1n) is 34.5. The molecule has 0 N–H and O–H groups in total. The predicted molar refractivity (Wildman–Crippen MR) is 399 cm³/mol. The smallest absolute Gasteiger partial charge is 0.166 e. The molecular formula is C90H92N4. The lowest BCUT2D eigenvalue weighted by Crippen LogP contribution is -2.34. The van der Waals surface area contributed by atoms with E-state index in [0.29, 0.717) is 0 Å². The van der Waals surface area contributed by atoms with Gasteiger partial charge in [0.2, 0.25) is 0 Å². The molecule has 16 rings (SSSR count). The van der Waals surface area contributed by atoms with Gasteiger partial charge in [-0.15, -0.1) is 0 Å². The SMILES string of the molecule is CC(C)(C)c1ccc2c(c1)C(C)(C)c1cc(N3C(=C4N(c5ccc6c(c5)C(C)(C)c5cc(C(C)(C)C)ccc5-6)c5ccccc5N4c4ccc5c(c4)C(C)(C)c4cc(C(C)(C)C)ccc4-5)N(c4ccc5c(c4)C(C)(C)c4cc(C(C)(C)C)ccc4-5)c4ccccc43)ccc1-2. The summed E-state index contributed by atoms with van der Waals surface area (Å²) in [4.78, 5) is 10.5. The Kier molecular flexibility index (Phi) is 12.4. The molecular weight excluding hydrogens is 1140 g/mol. The van der Waals surface area contributed by atoms with Crippen molar-refractivity contribution in [3.05, 3.63) is 273 Å². The number of nitrogens with zero attached hydrogens (tertiary/aromatic N) is 4. The minimum atomic E-state index is -0.270. The zero-order valence-electron chi connectivity index (χ0n) is 59.3. The maximum Gasteiger partial charge on any atom is 0.166 e. The molecule has 0 bridgehead atoms. The Morgan fingerprint density at radius 2 is 0.383 bits per heavy atom. The van der Waals surface area contributed by atoms with E-state index in [1.807, 2.05) is 0 Å². The van der Waals surface area contributed by atoms with Crippen LogP contribution in [0.1, 0.15) is 205 Å². The molecule has 0 saturated heterocycles. The Morgan fingerprint density at radius 1 is 0.213 bits per heavy atom. The first kappa shape index (κ1) is 60.1. The van der Waals surface area contributed by atoms with Crippen LogP contribution in [0.25, 0.3) is 44.5 Å². The van der Waals surface area contributed by atoms with Crippen molar-refractivity contribution >= 4 is 45.5 Å². The van der Waals surface area contributed by atoms with Crippen molar-refractivity contribution in [3.8, 4) is 44.5 Å². The second kappa shape index (κ2) is 19.4. The fourth-order valence-electron chi connectivity index (χ4n) is 17.1. The van der Waals surface area contributed by atoms with Crippen molar-refractivity contribution in [3.63, 3.8) is 0 Å². The summed E-state index contributed by atoms with van der Waals surface area (Å²) in [7, 11) is 0. The summed E-state index contributed by atoms with van der Waals surface area (Å²) in [5.74, 6) is 2.11. The predicted octanol–water partition coefficient (Wildman–Crippen LogP) is 24.5. The highest BCUT2D eigenvalue weighted by molar-refractivity contribution is 6.02. The lowest BCUT2D eigenvalue weighted by molar-refractivity contribution is 0.584. The van der Waals surface area contributed by atoms with Crippen LogP contribution in [0.15, 0.2) is 206 Å². The summed E-state index contributed by atoms with van der Waals surface area (Å²) in [5, 5.41) is 0. The number of fused-ring (bicyclic) bond motifs is 14. The van der Waals surface area contributed by atoms with Crippen LogP contribution in [-0.4, -0.2) is 0 Å². The van der Waals surface area contributed by atoms with Gasteiger partial charge in [0.25, 0.3) is 0 Å². The lowest BCUT2D eigenvalue weighted by atomic mass is 9.79. The molecule has 4 aliphatic carbocycles. The van der Waals surface area contributed by atoms with Gasteiger partial charge in [-0.1, -0.05) is 260 Å². The van der Waals surface area contributed by atoms with Crippen molar-refractivity contribution in [2.45, 2.75) is 182 Å². The average Bonchev–Trinajstić information content (AvgIpc) is 1.54. The molecule has 0 unspecified atom stereocenters. The first-order valence-corrected chi connectivity index (χ1v) is 34.5. The van der Waals surface area contributed by atoms with Gasteiger partial charge in [-0.3, -0.25) is 19.6 Å².